The van der Waals surface area contributed by atoms with Crippen LogP contribution in [0.15, 0.2) is 42.5 Å². The monoisotopic (exact) mass is 292 g/mol. The van der Waals surface area contributed by atoms with Gasteiger partial charge in [-0.05, 0) is 42.7 Å². The molecule has 0 radical (unpaired) electrons. The molecular weight excluding hydrogens is 274 g/mol. The van der Waals surface area contributed by atoms with Gasteiger partial charge < -0.3 is 4.74 Å². The van der Waals surface area contributed by atoms with E-state index in [1.165, 1.54) is 18.2 Å². The molecule has 1 unspecified atom stereocenters. The van der Waals surface area contributed by atoms with E-state index >= 15 is 0 Å². The van der Waals surface area contributed by atoms with E-state index in [9.17, 15) is 8.78 Å². The van der Waals surface area contributed by atoms with Gasteiger partial charge in [0.05, 0.1) is 7.11 Å². The van der Waals surface area contributed by atoms with Crippen molar-refractivity contribution in [3.05, 3.63) is 65.2 Å². The van der Waals surface area contributed by atoms with Crippen LogP contribution >= 0.6 is 0 Å². The van der Waals surface area contributed by atoms with Crippen molar-refractivity contribution in [2.75, 3.05) is 7.11 Å². The largest absolute Gasteiger partial charge is 0.497 e. The van der Waals surface area contributed by atoms with Gasteiger partial charge in [0.2, 0.25) is 0 Å². The minimum Gasteiger partial charge on any atom is -0.497 e. The number of hydrogen-bond acceptors (Lipinski definition) is 3. The first-order valence-electron chi connectivity index (χ1n) is 6.66. The summed E-state index contributed by atoms with van der Waals surface area (Å²) in [7, 11) is 1.59. The average Bonchev–Trinajstić information content (AvgIpc) is 2.50. The average molecular weight is 292 g/mol. The molecule has 0 saturated carbocycles. The highest BCUT2D eigenvalue weighted by molar-refractivity contribution is 5.29. The first-order chi connectivity index (χ1) is 10.1. The first-order valence-corrected chi connectivity index (χ1v) is 6.66. The number of hydrogen-bond donors (Lipinski definition) is 2. The number of nitrogens with one attached hydrogen (secondary N) is 1. The molecule has 0 fully saturated rings. The van der Waals surface area contributed by atoms with Crippen molar-refractivity contribution in [3.63, 3.8) is 0 Å². The summed E-state index contributed by atoms with van der Waals surface area (Å²) >= 11 is 0. The summed E-state index contributed by atoms with van der Waals surface area (Å²) < 4.78 is 32.5. The third kappa shape index (κ3) is 4.00. The van der Waals surface area contributed by atoms with Gasteiger partial charge in [0.25, 0.3) is 0 Å². The molecule has 0 aliphatic rings. The Morgan fingerprint density at radius 3 is 2.38 bits per heavy atom. The third-order valence-corrected chi connectivity index (χ3v) is 3.36. The standard InChI is InChI=1S/C16H18F2N2O/c1-21-13-5-2-4-11(9-13)8-12(20-19)10-14-15(17)6-3-7-16(14)18/h2-7,9,12,20H,8,10,19H2,1H3. The number of halogens is 2. The van der Waals surface area contributed by atoms with Gasteiger partial charge in [-0.1, -0.05) is 18.2 Å². The molecule has 0 amide bonds. The molecule has 3 nitrogen and oxygen atoms in total. The molecule has 0 spiro atoms. The summed E-state index contributed by atoms with van der Waals surface area (Å²) in [6, 6.07) is 11.1. The fraction of sp³-hybridized carbons (Fsp3) is 0.250. The van der Waals surface area contributed by atoms with E-state index in [0.29, 0.717) is 6.42 Å². The molecule has 0 saturated heterocycles. The number of rotatable bonds is 6. The minimum atomic E-state index is -0.555. The maximum atomic E-state index is 13.7. The Morgan fingerprint density at radius 1 is 1.10 bits per heavy atom. The highest BCUT2D eigenvalue weighted by Crippen LogP contribution is 2.18. The maximum absolute atomic E-state index is 13.7. The topological polar surface area (TPSA) is 47.3 Å². The molecule has 2 aromatic carbocycles. The molecule has 0 heterocycles. The number of benzene rings is 2. The molecule has 1 atom stereocenters. The lowest BCUT2D eigenvalue weighted by Crippen LogP contribution is -2.38. The predicted molar refractivity (Wildman–Crippen MR) is 77.9 cm³/mol. The molecular formula is C16H18F2N2O. The number of methoxy groups -OCH3 is 1. The van der Waals surface area contributed by atoms with Crippen molar-refractivity contribution in [1.82, 2.24) is 5.43 Å². The number of nitrogens with two attached hydrogens (primary N) is 1. The Kier molecular flexibility index (Phi) is 5.25. The van der Waals surface area contributed by atoms with Gasteiger partial charge in [0.15, 0.2) is 0 Å². The van der Waals surface area contributed by atoms with Crippen molar-refractivity contribution >= 4 is 0 Å². The van der Waals surface area contributed by atoms with Gasteiger partial charge in [0.1, 0.15) is 17.4 Å². The van der Waals surface area contributed by atoms with Crippen LogP contribution in [0.25, 0.3) is 0 Å². The van der Waals surface area contributed by atoms with Gasteiger partial charge in [-0.3, -0.25) is 11.3 Å². The molecule has 0 aromatic heterocycles. The van der Waals surface area contributed by atoms with Gasteiger partial charge in [-0.25, -0.2) is 8.78 Å². The van der Waals surface area contributed by atoms with E-state index in [-0.39, 0.29) is 18.0 Å². The van der Waals surface area contributed by atoms with E-state index in [2.05, 4.69) is 5.43 Å². The van der Waals surface area contributed by atoms with Crippen LogP contribution in [0.3, 0.4) is 0 Å². The molecule has 2 aromatic rings. The zero-order valence-electron chi connectivity index (χ0n) is 11.8. The molecule has 0 aliphatic heterocycles. The lowest BCUT2D eigenvalue weighted by atomic mass is 9.98. The van der Waals surface area contributed by atoms with Crippen molar-refractivity contribution < 1.29 is 13.5 Å². The second kappa shape index (κ2) is 7.15. The van der Waals surface area contributed by atoms with Gasteiger partial charge in [-0.15, -0.1) is 0 Å². The van der Waals surface area contributed by atoms with Crippen LogP contribution in [0.4, 0.5) is 8.78 Å². The van der Waals surface area contributed by atoms with Crippen LogP contribution in [0.5, 0.6) is 5.75 Å². The zero-order chi connectivity index (χ0) is 15.2. The Bertz CT molecular complexity index is 584. The quantitative estimate of drug-likeness (QED) is 0.635. The fourth-order valence-corrected chi connectivity index (χ4v) is 2.25. The van der Waals surface area contributed by atoms with Crippen molar-refractivity contribution in [2.45, 2.75) is 18.9 Å². The van der Waals surface area contributed by atoms with Crippen LogP contribution in [-0.4, -0.2) is 13.2 Å². The lowest BCUT2D eigenvalue weighted by Gasteiger charge is -2.17. The second-order valence-corrected chi connectivity index (χ2v) is 4.82. The van der Waals surface area contributed by atoms with Crippen molar-refractivity contribution in [2.24, 2.45) is 5.84 Å². The number of ether oxygens (including phenoxy) is 1. The van der Waals surface area contributed by atoms with Crippen LogP contribution < -0.4 is 16.0 Å². The maximum Gasteiger partial charge on any atom is 0.129 e. The fourth-order valence-electron chi connectivity index (χ4n) is 2.25. The first kappa shape index (κ1) is 15.4. The molecule has 2 rings (SSSR count). The normalized spacial score (nSPS) is 12.2. The van der Waals surface area contributed by atoms with Crippen LogP contribution in [0, 0.1) is 11.6 Å². The van der Waals surface area contributed by atoms with E-state index in [0.717, 1.165) is 11.3 Å². The second-order valence-electron chi connectivity index (χ2n) is 4.82. The summed E-state index contributed by atoms with van der Waals surface area (Å²) in [5.41, 5.74) is 3.64. The molecule has 5 heteroatoms. The van der Waals surface area contributed by atoms with Crippen LogP contribution in [0.2, 0.25) is 0 Å². The number of hydrazine groups is 1. The predicted octanol–water partition coefficient (Wildman–Crippen LogP) is 2.59. The molecule has 21 heavy (non-hydrogen) atoms. The van der Waals surface area contributed by atoms with E-state index in [4.69, 9.17) is 10.6 Å². The summed E-state index contributed by atoms with van der Waals surface area (Å²) in [5.74, 6) is 5.14. The minimum absolute atomic E-state index is 0.0448. The van der Waals surface area contributed by atoms with Gasteiger partial charge >= 0.3 is 0 Å². The lowest BCUT2D eigenvalue weighted by molar-refractivity contribution is 0.413. The Hall–Kier alpha value is -1.98. The Morgan fingerprint density at radius 2 is 1.76 bits per heavy atom. The van der Waals surface area contributed by atoms with E-state index in [1.807, 2.05) is 24.3 Å². The zero-order valence-corrected chi connectivity index (χ0v) is 11.8. The molecule has 3 N–H and O–H groups in total. The van der Waals surface area contributed by atoms with Crippen LogP contribution in [-0.2, 0) is 12.8 Å². The molecule has 112 valence electrons. The molecule has 0 bridgehead atoms. The third-order valence-electron chi connectivity index (χ3n) is 3.36. The van der Waals surface area contributed by atoms with Crippen molar-refractivity contribution in [1.29, 1.82) is 0 Å². The van der Waals surface area contributed by atoms with Gasteiger partial charge in [0, 0.05) is 11.6 Å². The Labute approximate surface area is 122 Å². The summed E-state index contributed by atoms with van der Waals surface area (Å²) in [4.78, 5) is 0. The highest BCUT2D eigenvalue weighted by atomic mass is 19.1. The Balaban J connectivity index is 2.13. The highest BCUT2D eigenvalue weighted by Gasteiger charge is 2.15. The van der Waals surface area contributed by atoms with E-state index in [1.54, 1.807) is 7.11 Å². The summed E-state index contributed by atoms with van der Waals surface area (Å²) in [5, 5.41) is 0. The summed E-state index contributed by atoms with van der Waals surface area (Å²) in [6.07, 6.45) is 0.716. The SMILES string of the molecule is COc1cccc(CC(Cc2c(F)cccc2F)NN)c1. The van der Waals surface area contributed by atoms with Crippen molar-refractivity contribution in [3.8, 4) is 5.75 Å². The smallest absolute Gasteiger partial charge is 0.129 e. The van der Waals surface area contributed by atoms with Gasteiger partial charge in [-0.2, -0.15) is 0 Å². The summed E-state index contributed by atoms with van der Waals surface area (Å²) in [6.45, 7) is 0. The van der Waals surface area contributed by atoms with E-state index < -0.39 is 11.6 Å². The van der Waals surface area contributed by atoms with Crippen LogP contribution in [0.1, 0.15) is 11.1 Å². The molecule has 0 aliphatic carbocycles.